The van der Waals surface area contributed by atoms with Gasteiger partial charge in [0.05, 0.1) is 7.11 Å². The molecule has 1 amide bonds. The van der Waals surface area contributed by atoms with Gasteiger partial charge in [0.15, 0.2) is 0 Å². The largest absolute Gasteiger partial charge is 0.496 e. The van der Waals surface area contributed by atoms with Gasteiger partial charge in [-0.05, 0) is 37.3 Å². The minimum atomic E-state index is 0.118. The fourth-order valence-corrected chi connectivity index (χ4v) is 2.86. The summed E-state index contributed by atoms with van der Waals surface area (Å²) in [6, 6.07) is 8.15. The van der Waals surface area contributed by atoms with Crippen LogP contribution in [0.2, 0.25) is 0 Å². The molecular weight excluding hydrogens is 252 g/mol. The number of rotatable bonds is 5. The van der Waals surface area contributed by atoms with E-state index in [1.165, 1.54) is 0 Å². The number of carbonyl (C=O) groups is 1. The first kappa shape index (κ1) is 14.9. The summed E-state index contributed by atoms with van der Waals surface area (Å²) in [5.41, 5.74) is 7.02. The van der Waals surface area contributed by atoms with Gasteiger partial charge in [-0.2, -0.15) is 0 Å². The van der Waals surface area contributed by atoms with Crippen LogP contribution < -0.4 is 10.5 Å². The molecule has 1 aromatic carbocycles. The minimum Gasteiger partial charge on any atom is -0.496 e. The molecule has 1 fully saturated rings. The third-order valence-corrected chi connectivity index (χ3v) is 4.11. The van der Waals surface area contributed by atoms with E-state index in [1.54, 1.807) is 7.11 Å². The van der Waals surface area contributed by atoms with Crippen LogP contribution in [0.25, 0.3) is 0 Å². The van der Waals surface area contributed by atoms with Gasteiger partial charge in [0, 0.05) is 25.6 Å². The van der Waals surface area contributed by atoms with Crippen molar-refractivity contribution in [1.29, 1.82) is 0 Å². The Morgan fingerprint density at radius 1 is 1.40 bits per heavy atom. The van der Waals surface area contributed by atoms with E-state index in [-0.39, 0.29) is 17.9 Å². The van der Waals surface area contributed by atoms with Crippen LogP contribution in [0.1, 0.15) is 24.8 Å². The zero-order chi connectivity index (χ0) is 14.5. The first-order valence-electron chi connectivity index (χ1n) is 7.24. The summed E-state index contributed by atoms with van der Waals surface area (Å²) in [5, 5.41) is 0. The molecule has 0 spiro atoms. The SMILES string of the molecule is COc1ccccc1CCN(C)C(=O)[C@@H]1CC[C@@H](N)C1. The summed E-state index contributed by atoms with van der Waals surface area (Å²) in [6.45, 7) is 0.713. The first-order chi connectivity index (χ1) is 9.61. The van der Waals surface area contributed by atoms with Gasteiger partial charge in [0.25, 0.3) is 0 Å². The average molecular weight is 276 g/mol. The molecule has 0 radical (unpaired) electrons. The van der Waals surface area contributed by atoms with Gasteiger partial charge in [-0.1, -0.05) is 18.2 Å². The second kappa shape index (κ2) is 6.75. The fourth-order valence-electron chi connectivity index (χ4n) is 2.86. The van der Waals surface area contributed by atoms with Crippen LogP contribution in [-0.4, -0.2) is 37.6 Å². The van der Waals surface area contributed by atoms with Crippen molar-refractivity contribution < 1.29 is 9.53 Å². The van der Waals surface area contributed by atoms with Crippen LogP contribution in [0.4, 0.5) is 0 Å². The van der Waals surface area contributed by atoms with Crippen molar-refractivity contribution in [2.75, 3.05) is 20.7 Å². The van der Waals surface area contributed by atoms with Gasteiger partial charge in [0.1, 0.15) is 5.75 Å². The molecule has 0 aromatic heterocycles. The molecular formula is C16H24N2O2. The molecule has 1 aliphatic carbocycles. The highest BCUT2D eigenvalue weighted by molar-refractivity contribution is 5.79. The van der Waals surface area contributed by atoms with Gasteiger partial charge >= 0.3 is 0 Å². The van der Waals surface area contributed by atoms with Crippen LogP contribution in [0.5, 0.6) is 5.75 Å². The van der Waals surface area contributed by atoms with Gasteiger partial charge in [-0.25, -0.2) is 0 Å². The van der Waals surface area contributed by atoms with Gasteiger partial charge < -0.3 is 15.4 Å². The van der Waals surface area contributed by atoms with E-state index in [0.717, 1.165) is 37.0 Å². The highest BCUT2D eigenvalue weighted by Gasteiger charge is 2.29. The highest BCUT2D eigenvalue weighted by atomic mass is 16.5. The van der Waals surface area contributed by atoms with E-state index in [1.807, 2.05) is 36.2 Å². The summed E-state index contributed by atoms with van der Waals surface area (Å²) in [4.78, 5) is 14.1. The summed E-state index contributed by atoms with van der Waals surface area (Å²) >= 11 is 0. The smallest absolute Gasteiger partial charge is 0.225 e. The van der Waals surface area contributed by atoms with Gasteiger partial charge in [-0.15, -0.1) is 0 Å². The highest BCUT2D eigenvalue weighted by Crippen LogP contribution is 2.26. The lowest BCUT2D eigenvalue weighted by molar-refractivity contribution is -0.134. The Morgan fingerprint density at radius 2 is 2.15 bits per heavy atom. The van der Waals surface area contributed by atoms with Crippen LogP contribution in [0, 0.1) is 5.92 Å². The van der Waals surface area contributed by atoms with Gasteiger partial charge in [0.2, 0.25) is 5.91 Å². The summed E-state index contributed by atoms with van der Waals surface area (Å²) < 4.78 is 5.33. The molecule has 0 aliphatic heterocycles. The lowest BCUT2D eigenvalue weighted by Crippen LogP contribution is -2.34. The first-order valence-corrected chi connectivity index (χ1v) is 7.24. The van der Waals surface area contributed by atoms with Crippen molar-refractivity contribution >= 4 is 5.91 Å². The zero-order valence-electron chi connectivity index (χ0n) is 12.3. The number of benzene rings is 1. The molecule has 0 unspecified atom stereocenters. The molecule has 1 aliphatic rings. The van der Waals surface area contributed by atoms with Crippen LogP contribution in [0.3, 0.4) is 0 Å². The molecule has 0 heterocycles. The van der Waals surface area contributed by atoms with Crippen LogP contribution in [0.15, 0.2) is 24.3 Å². The van der Waals surface area contributed by atoms with E-state index < -0.39 is 0 Å². The maximum Gasteiger partial charge on any atom is 0.225 e. The normalized spacial score (nSPS) is 21.8. The van der Waals surface area contributed by atoms with Crippen LogP contribution in [-0.2, 0) is 11.2 Å². The molecule has 2 N–H and O–H groups in total. The summed E-state index contributed by atoms with van der Waals surface area (Å²) in [5.74, 6) is 1.23. The molecule has 2 atom stereocenters. The zero-order valence-corrected chi connectivity index (χ0v) is 12.3. The molecule has 4 nitrogen and oxygen atoms in total. The molecule has 1 saturated carbocycles. The number of methoxy groups -OCH3 is 1. The number of hydrogen-bond acceptors (Lipinski definition) is 3. The summed E-state index contributed by atoms with van der Waals surface area (Å²) in [7, 11) is 3.55. The van der Waals surface area contributed by atoms with Crippen molar-refractivity contribution in [3.05, 3.63) is 29.8 Å². The number of nitrogens with zero attached hydrogens (tertiary/aromatic N) is 1. The van der Waals surface area contributed by atoms with Crippen LogP contribution >= 0.6 is 0 Å². The Balaban J connectivity index is 1.88. The second-order valence-corrected chi connectivity index (χ2v) is 5.59. The van der Waals surface area contributed by atoms with E-state index in [2.05, 4.69) is 0 Å². The molecule has 20 heavy (non-hydrogen) atoms. The number of nitrogens with two attached hydrogens (primary N) is 1. The molecule has 0 saturated heterocycles. The van der Waals surface area contributed by atoms with E-state index in [9.17, 15) is 4.79 Å². The number of ether oxygens (including phenoxy) is 1. The summed E-state index contributed by atoms with van der Waals surface area (Å²) in [6.07, 6.45) is 3.54. The Hall–Kier alpha value is -1.55. The molecule has 2 rings (SSSR count). The number of carbonyl (C=O) groups excluding carboxylic acids is 1. The van der Waals surface area contributed by atoms with E-state index >= 15 is 0 Å². The van der Waals surface area contributed by atoms with E-state index in [4.69, 9.17) is 10.5 Å². The second-order valence-electron chi connectivity index (χ2n) is 5.59. The van der Waals surface area contributed by atoms with Crippen molar-refractivity contribution in [1.82, 2.24) is 4.90 Å². The Labute approximate surface area is 120 Å². The lowest BCUT2D eigenvalue weighted by atomic mass is 10.1. The molecule has 110 valence electrons. The Morgan fingerprint density at radius 3 is 2.80 bits per heavy atom. The molecule has 1 aromatic rings. The van der Waals surface area contributed by atoms with Crippen molar-refractivity contribution in [2.45, 2.75) is 31.7 Å². The third kappa shape index (κ3) is 3.51. The number of para-hydroxylation sites is 1. The Bertz CT molecular complexity index is 462. The Kier molecular flexibility index (Phi) is 5.01. The fraction of sp³-hybridized carbons (Fsp3) is 0.562. The minimum absolute atomic E-state index is 0.118. The maximum atomic E-state index is 12.3. The van der Waals surface area contributed by atoms with Crippen molar-refractivity contribution in [3.8, 4) is 5.75 Å². The van der Waals surface area contributed by atoms with E-state index in [0.29, 0.717) is 6.54 Å². The van der Waals surface area contributed by atoms with Crippen molar-refractivity contribution in [3.63, 3.8) is 0 Å². The van der Waals surface area contributed by atoms with Crippen molar-refractivity contribution in [2.24, 2.45) is 11.7 Å². The topological polar surface area (TPSA) is 55.6 Å². The predicted molar refractivity (Wildman–Crippen MR) is 79.7 cm³/mol. The standard InChI is InChI=1S/C16H24N2O2/c1-18(16(19)13-7-8-14(17)11-13)10-9-12-5-3-4-6-15(12)20-2/h3-6,13-14H,7-11,17H2,1-2H3/t13-,14-/m1/s1. The van der Waals surface area contributed by atoms with Gasteiger partial charge in [-0.3, -0.25) is 4.79 Å². The third-order valence-electron chi connectivity index (χ3n) is 4.11. The maximum absolute atomic E-state index is 12.3. The monoisotopic (exact) mass is 276 g/mol. The molecule has 0 bridgehead atoms. The predicted octanol–water partition coefficient (Wildman–Crippen LogP) is 1.82. The number of amides is 1. The molecule has 4 heteroatoms. The lowest BCUT2D eigenvalue weighted by Gasteiger charge is -2.21. The average Bonchev–Trinajstić information content (AvgIpc) is 2.90. The number of hydrogen-bond donors (Lipinski definition) is 1. The number of likely N-dealkylation sites (N-methyl/N-ethyl adjacent to an activating group) is 1. The quantitative estimate of drug-likeness (QED) is 0.892.